The smallest absolute Gasteiger partial charge is 0.326 e. The summed E-state index contributed by atoms with van der Waals surface area (Å²) in [6.07, 6.45) is 1.48. The molecule has 0 saturated carbocycles. The second-order valence-corrected chi connectivity index (χ2v) is 6.89. The van der Waals surface area contributed by atoms with Crippen molar-refractivity contribution in [2.75, 3.05) is 19.5 Å². The second-order valence-electron chi connectivity index (χ2n) is 5.88. The van der Waals surface area contributed by atoms with Crippen molar-refractivity contribution < 1.29 is 18.9 Å². The summed E-state index contributed by atoms with van der Waals surface area (Å²) in [5.74, 6) is 2.36. The van der Waals surface area contributed by atoms with Gasteiger partial charge in [0.2, 0.25) is 11.6 Å². The number of rotatable bonds is 7. The van der Waals surface area contributed by atoms with Gasteiger partial charge >= 0.3 is 5.00 Å². The lowest BCUT2D eigenvalue weighted by Gasteiger charge is -2.11. The lowest BCUT2D eigenvalue weighted by molar-refractivity contribution is -0.380. The normalized spacial score (nSPS) is 10.8. The van der Waals surface area contributed by atoms with Crippen molar-refractivity contribution >= 4 is 32.4 Å². The van der Waals surface area contributed by atoms with Crippen LogP contribution in [0, 0.1) is 10.1 Å². The number of methoxy groups -OCH3 is 2. The molecule has 0 fully saturated rings. The van der Waals surface area contributed by atoms with Crippen molar-refractivity contribution in [1.82, 2.24) is 15.1 Å². The van der Waals surface area contributed by atoms with Crippen LogP contribution in [0.4, 0.5) is 10.8 Å². The summed E-state index contributed by atoms with van der Waals surface area (Å²) in [5, 5.41) is 18.6. The summed E-state index contributed by atoms with van der Waals surface area (Å²) in [5.41, 5.74) is 0.917. The molecule has 0 spiro atoms. The highest BCUT2D eigenvalue weighted by molar-refractivity contribution is 7.21. The molecular formula is C18H15N5O5S. The first kappa shape index (κ1) is 18.6. The molecule has 3 heterocycles. The van der Waals surface area contributed by atoms with Crippen LogP contribution in [0.1, 0.15) is 5.56 Å². The van der Waals surface area contributed by atoms with Gasteiger partial charge < -0.3 is 19.3 Å². The van der Waals surface area contributed by atoms with Gasteiger partial charge in [0.05, 0.1) is 30.7 Å². The topological polar surface area (TPSA) is 125 Å². The summed E-state index contributed by atoms with van der Waals surface area (Å²) >= 11 is 0.975. The van der Waals surface area contributed by atoms with Crippen molar-refractivity contribution in [3.63, 3.8) is 0 Å². The molecule has 0 saturated heterocycles. The molecule has 3 aromatic heterocycles. The third-order valence-corrected chi connectivity index (χ3v) is 5.11. The number of thiophene rings is 1. The Balaban J connectivity index is 1.71. The van der Waals surface area contributed by atoms with Crippen LogP contribution in [-0.2, 0) is 6.54 Å². The molecule has 4 rings (SSSR count). The van der Waals surface area contributed by atoms with E-state index in [2.05, 4.69) is 20.4 Å². The number of nitro groups is 1. The molecule has 0 aliphatic carbocycles. The lowest BCUT2D eigenvalue weighted by atomic mass is 10.2. The average Bonchev–Trinajstić information content (AvgIpc) is 3.41. The zero-order chi connectivity index (χ0) is 20.4. The van der Waals surface area contributed by atoms with Gasteiger partial charge in [0.15, 0.2) is 11.5 Å². The molecular weight excluding hydrogens is 398 g/mol. The Morgan fingerprint density at radius 2 is 2.00 bits per heavy atom. The molecule has 1 aromatic carbocycles. The summed E-state index contributed by atoms with van der Waals surface area (Å²) in [6.45, 7) is 0.409. The number of nitrogens with zero attached hydrogens (tertiary/aromatic N) is 4. The first-order valence-corrected chi connectivity index (χ1v) is 9.22. The lowest BCUT2D eigenvalue weighted by Crippen LogP contribution is -2.04. The number of ether oxygens (including phenoxy) is 2. The van der Waals surface area contributed by atoms with Gasteiger partial charge in [-0.2, -0.15) is 0 Å². The molecule has 0 atom stereocenters. The number of hydrogen-bond donors (Lipinski definition) is 1. The molecule has 0 aliphatic heterocycles. The van der Waals surface area contributed by atoms with Crippen LogP contribution in [0.5, 0.6) is 11.5 Å². The van der Waals surface area contributed by atoms with Crippen LogP contribution in [-0.4, -0.2) is 34.3 Å². The van der Waals surface area contributed by atoms with Crippen molar-refractivity contribution in [2.24, 2.45) is 0 Å². The average molecular weight is 413 g/mol. The number of anilines is 1. The quantitative estimate of drug-likeness (QED) is 0.355. The van der Waals surface area contributed by atoms with E-state index in [0.717, 1.165) is 16.9 Å². The minimum Gasteiger partial charge on any atom is -0.493 e. The van der Waals surface area contributed by atoms with E-state index in [1.165, 1.54) is 12.3 Å². The highest BCUT2D eigenvalue weighted by atomic mass is 32.1. The number of aromatic nitrogens is 3. The van der Waals surface area contributed by atoms with E-state index in [9.17, 15) is 10.1 Å². The molecule has 0 bridgehead atoms. The first-order chi connectivity index (χ1) is 14.1. The van der Waals surface area contributed by atoms with Crippen molar-refractivity contribution in [2.45, 2.75) is 6.54 Å². The molecule has 148 valence electrons. The summed E-state index contributed by atoms with van der Waals surface area (Å²) in [6, 6.07) is 8.63. The van der Waals surface area contributed by atoms with E-state index < -0.39 is 4.92 Å². The van der Waals surface area contributed by atoms with Crippen molar-refractivity contribution in [1.29, 1.82) is 0 Å². The standard InChI is InChI=1S/C18H15N5O5S/c1-26-12-4-3-10(7-14(12)27-2)9-19-16-11-8-15(23(24)25)29-18(11)22-17(21-16)13-5-6-20-28-13/h3-8H,9H2,1-2H3,(H,19,21,22). The third kappa shape index (κ3) is 3.67. The molecule has 0 amide bonds. The Morgan fingerprint density at radius 1 is 1.17 bits per heavy atom. The van der Waals surface area contributed by atoms with Crippen LogP contribution in [0.25, 0.3) is 21.8 Å². The minimum absolute atomic E-state index is 0.0156. The molecule has 29 heavy (non-hydrogen) atoms. The molecule has 0 unspecified atom stereocenters. The van der Waals surface area contributed by atoms with E-state index in [0.29, 0.717) is 45.7 Å². The predicted octanol–water partition coefficient (Wildman–Crippen LogP) is 3.88. The van der Waals surface area contributed by atoms with Crippen LogP contribution in [0.15, 0.2) is 41.1 Å². The van der Waals surface area contributed by atoms with Gasteiger partial charge in [-0.25, -0.2) is 9.97 Å². The summed E-state index contributed by atoms with van der Waals surface area (Å²) in [7, 11) is 3.14. The van der Waals surface area contributed by atoms with Crippen LogP contribution in [0.2, 0.25) is 0 Å². The molecule has 0 aliphatic rings. The maximum Gasteiger partial charge on any atom is 0.326 e. The van der Waals surface area contributed by atoms with Crippen LogP contribution >= 0.6 is 11.3 Å². The molecule has 1 N–H and O–H groups in total. The number of nitrogens with one attached hydrogen (secondary N) is 1. The maximum absolute atomic E-state index is 11.2. The fourth-order valence-electron chi connectivity index (χ4n) is 2.75. The third-order valence-electron chi connectivity index (χ3n) is 4.13. The van der Waals surface area contributed by atoms with Crippen molar-refractivity contribution in [3.8, 4) is 23.1 Å². The Kier molecular flexibility index (Phi) is 4.96. The van der Waals surface area contributed by atoms with E-state index in [-0.39, 0.29) is 5.00 Å². The van der Waals surface area contributed by atoms with Gasteiger partial charge in [0, 0.05) is 18.7 Å². The Morgan fingerprint density at radius 3 is 2.69 bits per heavy atom. The van der Waals surface area contributed by atoms with Crippen LogP contribution < -0.4 is 14.8 Å². The fraction of sp³-hybridized carbons (Fsp3) is 0.167. The van der Waals surface area contributed by atoms with E-state index >= 15 is 0 Å². The molecule has 10 nitrogen and oxygen atoms in total. The summed E-state index contributed by atoms with van der Waals surface area (Å²) in [4.78, 5) is 20.1. The SMILES string of the molecule is COc1ccc(CNc2nc(-c3ccno3)nc3sc([N+](=O)[O-])cc23)cc1OC. The van der Waals surface area contributed by atoms with Gasteiger partial charge in [-0.3, -0.25) is 10.1 Å². The highest BCUT2D eigenvalue weighted by Crippen LogP contribution is 2.35. The second kappa shape index (κ2) is 7.72. The first-order valence-electron chi connectivity index (χ1n) is 8.41. The van der Waals surface area contributed by atoms with Crippen molar-refractivity contribution in [3.05, 3.63) is 52.2 Å². The van der Waals surface area contributed by atoms with E-state index in [1.807, 2.05) is 12.1 Å². The predicted molar refractivity (Wildman–Crippen MR) is 106 cm³/mol. The Labute approximate surface area is 168 Å². The molecule has 11 heteroatoms. The Bertz CT molecular complexity index is 1180. The van der Waals surface area contributed by atoms with Crippen LogP contribution in [0.3, 0.4) is 0 Å². The van der Waals surface area contributed by atoms with Gasteiger partial charge in [0.25, 0.3) is 0 Å². The number of benzene rings is 1. The molecule has 4 aromatic rings. The van der Waals surface area contributed by atoms with Gasteiger partial charge in [-0.1, -0.05) is 11.2 Å². The van der Waals surface area contributed by atoms with Gasteiger partial charge in [-0.15, -0.1) is 0 Å². The fourth-order valence-corrected chi connectivity index (χ4v) is 3.60. The highest BCUT2D eigenvalue weighted by Gasteiger charge is 2.19. The molecule has 0 radical (unpaired) electrons. The van der Waals surface area contributed by atoms with E-state index in [4.69, 9.17) is 14.0 Å². The summed E-state index contributed by atoms with van der Waals surface area (Å²) < 4.78 is 15.7. The number of hydrogen-bond acceptors (Lipinski definition) is 10. The maximum atomic E-state index is 11.2. The zero-order valence-corrected chi connectivity index (χ0v) is 16.2. The van der Waals surface area contributed by atoms with E-state index in [1.54, 1.807) is 26.4 Å². The largest absolute Gasteiger partial charge is 0.493 e. The minimum atomic E-state index is -0.446. The monoisotopic (exact) mass is 413 g/mol. The van der Waals surface area contributed by atoms with Gasteiger partial charge in [-0.05, 0) is 29.0 Å². The zero-order valence-electron chi connectivity index (χ0n) is 15.4. The Hall–Kier alpha value is -3.73. The van der Waals surface area contributed by atoms with Gasteiger partial charge in [0.1, 0.15) is 10.6 Å². The number of fused-ring (bicyclic) bond motifs is 1.